The summed E-state index contributed by atoms with van der Waals surface area (Å²) in [4.78, 5) is 16.2. The van der Waals surface area contributed by atoms with Crippen LogP contribution in [0.15, 0.2) is 0 Å². The molecule has 5 heteroatoms. The van der Waals surface area contributed by atoms with Gasteiger partial charge in [-0.1, -0.05) is 13.8 Å². The van der Waals surface area contributed by atoms with Crippen LogP contribution < -0.4 is 5.32 Å². The Morgan fingerprint density at radius 3 is 2.39 bits per heavy atom. The topological polar surface area (TPSA) is 55.8 Å². The maximum atomic E-state index is 12.0. The van der Waals surface area contributed by atoms with Crippen LogP contribution >= 0.6 is 0 Å². The van der Waals surface area contributed by atoms with E-state index in [-0.39, 0.29) is 18.6 Å². The first kappa shape index (κ1) is 15.4. The molecule has 1 fully saturated rings. The molecule has 1 aliphatic heterocycles. The average molecular weight is 257 g/mol. The molecule has 0 bridgehead atoms. The summed E-state index contributed by atoms with van der Waals surface area (Å²) in [5, 5.41) is 12.3. The summed E-state index contributed by atoms with van der Waals surface area (Å²) in [6, 6.07) is 0.214. The molecule has 18 heavy (non-hydrogen) atoms. The van der Waals surface area contributed by atoms with Gasteiger partial charge in [-0.3, -0.25) is 4.79 Å². The van der Waals surface area contributed by atoms with Crippen LogP contribution in [-0.4, -0.2) is 73.2 Å². The van der Waals surface area contributed by atoms with Gasteiger partial charge in [-0.25, -0.2) is 0 Å². The highest BCUT2D eigenvalue weighted by molar-refractivity contribution is 5.78. The number of hydrogen-bond donors (Lipinski definition) is 2. The summed E-state index contributed by atoms with van der Waals surface area (Å²) in [5.41, 5.74) is 0. The Labute approximate surface area is 110 Å². The molecule has 1 unspecified atom stereocenters. The van der Waals surface area contributed by atoms with Gasteiger partial charge in [0.25, 0.3) is 0 Å². The van der Waals surface area contributed by atoms with Crippen molar-refractivity contribution in [2.24, 2.45) is 5.92 Å². The van der Waals surface area contributed by atoms with Crippen LogP contribution in [0.4, 0.5) is 0 Å². The molecule has 0 aromatic carbocycles. The Kier molecular flexibility index (Phi) is 6.60. The lowest BCUT2D eigenvalue weighted by Crippen LogP contribution is -2.51. The molecule has 0 radical (unpaired) electrons. The maximum absolute atomic E-state index is 12.0. The van der Waals surface area contributed by atoms with Crippen molar-refractivity contribution < 1.29 is 9.90 Å². The van der Waals surface area contributed by atoms with Crippen LogP contribution in [0, 0.1) is 5.92 Å². The second-order valence-electron chi connectivity index (χ2n) is 5.43. The molecule has 0 aromatic rings. The minimum atomic E-state index is 0.165. The van der Waals surface area contributed by atoms with E-state index in [0.29, 0.717) is 18.9 Å². The summed E-state index contributed by atoms with van der Waals surface area (Å²) in [6.45, 7) is 8.31. The Morgan fingerprint density at radius 2 is 1.89 bits per heavy atom. The fourth-order valence-corrected chi connectivity index (χ4v) is 2.20. The van der Waals surface area contributed by atoms with Crippen LogP contribution in [0.1, 0.15) is 20.3 Å². The zero-order valence-corrected chi connectivity index (χ0v) is 11.9. The number of aliphatic hydroxyl groups excluding tert-OH is 1. The third-order valence-corrected chi connectivity index (χ3v) is 3.62. The molecular formula is C13H27N3O2. The number of carbonyl (C=O) groups is 1. The van der Waals surface area contributed by atoms with Crippen molar-refractivity contribution in [1.82, 2.24) is 15.1 Å². The van der Waals surface area contributed by atoms with Gasteiger partial charge in [-0.05, 0) is 19.4 Å². The van der Waals surface area contributed by atoms with Crippen molar-refractivity contribution in [2.45, 2.75) is 26.3 Å². The monoisotopic (exact) mass is 257 g/mol. The highest BCUT2D eigenvalue weighted by Gasteiger charge is 2.20. The second kappa shape index (κ2) is 7.71. The smallest absolute Gasteiger partial charge is 0.236 e. The van der Waals surface area contributed by atoms with E-state index in [1.165, 1.54) is 0 Å². The summed E-state index contributed by atoms with van der Waals surface area (Å²) in [7, 11) is 2.08. The molecule has 1 aliphatic rings. The second-order valence-corrected chi connectivity index (χ2v) is 5.43. The molecule has 0 spiro atoms. The molecule has 5 nitrogen and oxygen atoms in total. The van der Waals surface area contributed by atoms with Gasteiger partial charge in [0, 0.05) is 38.8 Å². The van der Waals surface area contributed by atoms with Crippen molar-refractivity contribution in [1.29, 1.82) is 0 Å². The normalized spacial score (nSPS) is 19.3. The number of carbonyl (C=O) groups excluding carboxylic acids is 1. The van der Waals surface area contributed by atoms with E-state index in [1.54, 1.807) is 0 Å². The lowest BCUT2D eigenvalue weighted by atomic mass is 10.0. The van der Waals surface area contributed by atoms with Gasteiger partial charge in [0.2, 0.25) is 5.91 Å². The first-order chi connectivity index (χ1) is 8.54. The Morgan fingerprint density at radius 1 is 1.28 bits per heavy atom. The summed E-state index contributed by atoms with van der Waals surface area (Å²) in [5.74, 6) is 0.601. The standard InChI is InChI=1S/C13H27N3O2/c1-11(2)12(4-9-17)14-10-13(18)16-7-5-15(3)6-8-16/h11-12,14,17H,4-10H2,1-3H3. The molecule has 1 rings (SSSR count). The highest BCUT2D eigenvalue weighted by Crippen LogP contribution is 2.06. The van der Waals surface area contributed by atoms with Crippen molar-refractivity contribution in [3.63, 3.8) is 0 Å². The number of nitrogens with one attached hydrogen (secondary N) is 1. The molecule has 1 saturated heterocycles. The number of piperazine rings is 1. The van der Waals surface area contributed by atoms with Crippen molar-refractivity contribution >= 4 is 5.91 Å². The number of nitrogens with zero attached hydrogens (tertiary/aromatic N) is 2. The molecule has 1 atom stereocenters. The van der Waals surface area contributed by atoms with Gasteiger partial charge >= 0.3 is 0 Å². The maximum Gasteiger partial charge on any atom is 0.236 e. The molecule has 1 heterocycles. The lowest BCUT2D eigenvalue weighted by molar-refractivity contribution is -0.132. The molecule has 106 valence electrons. The van der Waals surface area contributed by atoms with Crippen molar-refractivity contribution in [3.8, 4) is 0 Å². The zero-order valence-electron chi connectivity index (χ0n) is 11.9. The van der Waals surface area contributed by atoms with Crippen LogP contribution in [-0.2, 0) is 4.79 Å². The molecule has 1 amide bonds. The van der Waals surface area contributed by atoms with E-state index >= 15 is 0 Å². The first-order valence-corrected chi connectivity index (χ1v) is 6.85. The van der Waals surface area contributed by atoms with Gasteiger partial charge in [-0.2, -0.15) is 0 Å². The number of amides is 1. The van der Waals surface area contributed by atoms with Crippen molar-refractivity contribution in [3.05, 3.63) is 0 Å². The van der Waals surface area contributed by atoms with Gasteiger partial charge in [0.1, 0.15) is 0 Å². The minimum Gasteiger partial charge on any atom is -0.396 e. The fraction of sp³-hybridized carbons (Fsp3) is 0.923. The quantitative estimate of drug-likeness (QED) is 0.689. The number of rotatable bonds is 6. The summed E-state index contributed by atoms with van der Waals surface area (Å²) >= 11 is 0. The van der Waals surface area contributed by atoms with E-state index < -0.39 is 0 Å². The summed E-state index contributed by atoms with van der Waals surface area (Å²) in [6.07, 6.45) is 0.702. The van der Waals surface area contributed by atoms with E-state index in [1.807, 2.05) is 4.90 Å². The lowest BCUT2D eigenvalue weighted by Gasteiger charge is -2.33. The molecule has 0 aliphatic carbocycles. The Balaban J connectivity index is 2.31. The van der Waals surface area contributed by atoms with Crippen molar-refractivity contribution in [2.75, 3.05) is 46.4 Å². The Bertz CT molecular complexity index is 251. The zero-order chi connectivity index (χ0) is 13.5. The molecule has 0 saturated carbocycles. The largest absolute Gasteiger partial charge is 0.396 e. The van der Waals surface area contributed by atoms with Gasteiger partial charge < -0.3 is 20.2 Å². The van der Waals surface area contributed by atoms with Gasteiger partial charge in [0.15, 0.2) is 0 Å². The SMILES string of the molecule is CC(C)C(CCO)NCC(=O)N1CCN(C)CC1. The van der Waals surface area contributed by atoms with E-state index in [0.717, 1.165) is 26.2 Å². The number of hydrogen-bond acceptors (Lipinski definition) is 4. The number of aliphatic hydroxyl groups is 1. The number of likely N-dealkylation sites (N-methyl/N-ethyl adjacent to an activating group) is 1. The predicted octanol–water partition coefficient (Wildman–Crippen LogP) is -0.243. The van der Waals surface area contributed by atoms with E-state index in [2.05, 4.69) is 31.1 Å². The van der Waals surface area contributed by atoms with Gasteiger partial charge in [-0.15, -0.1) is 0 Å². The van der Waals surface area contributed by atoms with E-state index in [9.17, 15) is 4.79 Å². The third kappa shape index (κ3) is 4.92. The summed E-state index contributed by atoms with van der Waals surface area (Å²) < 4.78 is 0. The van der Waals surface area contributed by atoms with Gasteiger partial charge in [0.05, 0.1) is 6.54 Å². The van der Waals surface area contributed by atoms with Crippen LogP contribution in [0.5, 0.6) is 0 Å². The fourth-order valence-electron chi connectivity index (χ4n) is 2.20. The van der Waals surface area contributed by atoms with E-state index in [4.69, 9.17) is 5.11 Å². The third-order valence-electron chi connectivity index (χ3n) is 3.62. The van der Waals surface area contributed by atoms with Crippen LogP contribution in [0.3, 0.4) is 0 Å². The molecule has 0 aromatic heterocycles. The average Bonchev–Trinajstić information content (AvgIpc) is 2.34. The highest BCUT2D eigenvalue weighted by atomic mass is 16.3. The molecular weight excluding hydrogens is 230 g/mol. The van der Waals surface area contributed by atoms with Crippen LogP contribution in [0.25, 0.3) is 0 Å². The predicted molar refractivity (Wildman–Crippen MR) is 72.4 cm³/mol. The minimum absolute atomic E-state index is 0.165. The molecule has 2 N–H and O–H groups in total. The van der Waals surface area contributed by atoms with Crippen LogP contribution in [0.2, 0.25) is 0 Å². The first-order valence-electron chi connectivity index (χ1n) is 6.85. The Hall–Kier alpha value is -0.650.